The van der Waals surface area contributed by atoms with Gasteiger partial charge >= 0.3 is 6.03 Å². The third-order valence-corrected chi connectivity index (χ3v) is 5.82. The molecule has 1 aliphatic carbocycles. The third kappa shape index (κ3) is 2.96. The highest BCUT2D eigenvalue weighted by Gasteiger charge is 2.55. The highest BCUT2D eigenvalue weighted by atomic mass is 16.6. The minimum atomic E-state index is -1.06. The molecule has 1 saturated heterocycles. The molecule has 2 unspecified atom stereocenters. The Bertz CT molecular complexity index is 1040. The summed E-state index contributed by atoms with van der Waals surface area (Å²) in [6, 6.07) is 14.4. The molecule has 0 aromatic heterocycles. The van der Waals surface area contributed by atoms with Crippen LogP contribution in [0, 0.1) is 0 Å². The van der Waals surface area contributed by atoms with Crippen LogP contribution >= 0.6 is 0 Å². The fourth-order valence-electron chi connectivity index (χ4n) is 4.32. The summed E-state index contributed by atoms with van der Waals surface area (Å²) in [5, 5.41) is 5.55. The van der Waals surface area contributed by atoms with Crippen LogP contribution in [0.4, 0.5) is 4.79 Å². The van der Waals surface area contributed by atoms with Crippen molar-refractivity contribution in [2.24, 2.45) is 0 Å². The van der Waals surface area contributed by atoms with Gasteiger partial charge in [0.2, 0.25) is 5.91 Å². The first-order valence-electron chi connectivity index (χ1n) is 9.94. The number of fused-ring (bicyclic) bond motifs is 3. The molecule has 0 radical (unpaired) electrons. The standard InChI is InChI=1S/C22H21N3O5/c26-19(23-11-15-13-29-17-7-3-4-8-18(17)30-15)12-25-20(27)22(24-21(25)28)10-9-14-5-1-2-6-16(14)22/h1-8,15H,9-13H2,(H,23,26)(H,24,28). The average Bonchev–Trinajstić information content (AvgIpc) is 3.25. The summed E-state index contributed by atoms with van der Waals surface area (Å²) < 4.78 is 11.4. The number of nitrogens with one attached hydrogen (secondary N) is 2. The van der Waals surface area contributed by atoms with Crippen molar-refractivity contribution in [2.75, 3.05) is 19.7 Å². The highest BCUT2D eigenvalue weighted by molar-refractivity contribution is 6.09. The van der Waals surface area contributed by atoms with Crippen LogP contribution in [-0.2, 0) is 21.5 Å². The number of para-hydroxylation sites is 2. The monoisotopic (exact) mass is 407 g/mol. The summed E-state index contributed by atoms with van der Waals surface area (Å²) in [7, 11) is 0. The van der Waals surface area contributed by atoms with Gasteiger partial charge in [-0.05, 0) is 36.1 Å². The zero-order chi connectivity index (χ0) is 20.7. The van der Waals surface area contributed by atoms with E-state index in [1.165, 1.54) is 0 Å². The molecule has 2 aromatic rings. The number of urea groups is 1. The Hall–Kier alpha value is -3.55. The molecule has 2 heterocycles. The van der Waals surface area contributed by atoms with E-state index in [1.807, 2.05) is 42.5 Å². The van der Waals surface area contributed by atoms with E-state index >= 15 is 0 Å². The van der Waals surface area contributed by atoms with Gasteiger partial charge in [-0.25, -0.2) is 4.79 Å². The van der Waals surface area contributed by atoms with Crippen molar-refractivity contribution in [3.8, 4) is 11.5 Å². The van der Waals surface area contributed by atoms with Gasteiger partial charge in [-0.1, -0.05) is 36.4 Å². The molecule has 1 fully saturated rings. The van der Waals surface area contributed by atoms with Crippen molar-refractivity contribution in [1.29, 1.82) is 0 Å². The molecule has 2 aliphatic heterocycles. The summed E-state index contributed by atoms with van der Waals surface area (Å²) >= 11 is 0. The summed E-state index contributed by atoms with van der Waals surface area (Å²) in [4.78, 5) is 39.0. The number of carbonyl (C=O) groups is 3. The quantitative estimate of drug-likeness (QED) is 0.746. The van der Waals surface area contributed by atoms with E-state index in [0.29, 0.717) is 30.9 Å². The molecule has 5 rings (SSSR count). The Kier molecular flexibility index (Phi) is 4.34. The molecular weight excluding hydrogens is 386 g/mol. The number of imide groups is 1. The Morgan fingerprint density at radius 2 is 1.90 bits per heavy atom. The first-order chi connectivity index (χ1) is 14.6. The SMILES string of the molecule is O=C(CN1C(=O)NC2(CCc3ccccc32)C1=O)NCC1COc2ccccc2O1. The lowest BCUT2D eigenvalue weighted by molar-refractivity contribution is -0.135. The van der Waals surface area contributed by atoms with Gasteiger partial charge in [0.25, 0.3) is 5.91 Å². The average molecular weight is 407 g/mol. The number of hydrogen-bond donors (Lipinski definition) is 2. The number of ether oxygens (including phenoxy) is 2. The van der Waals surface area contributed by atoms with Crippen molar-refractivity contribution in [3.63, 3.8) is 0 Å². The molecule has 2 aromatic carbocycles. The first-order valence-corrected chi connectivity index (χ1v) is 9.94. The smallest absolute Gasteiger partial charge is 0.325 e. The molecule has 2 atom stereocenters. The zero-order valence-corrected chi connectivity index (χ0v) is 16.2. The molecule has 0 saturated carbocycles. The maximum Gasteiger partial charge on any atom is 0.325 e. The lowest BCUT2D eigenvalue weighted by atomic mass is 9.92. The van der Waals surface area contributed by atoms with Gasteiger partial charge in [-0.3, -0.25) is 14.5 Å². The molecule has 1 spiro atoms. The van der Waals surface area contributed by atoms with Crippen LogP contribution in [0.15, 0.2) is 48.5 Å². The van der Waals surface area contributed by atoms with Crippen molar-refractivity contribution < 1.29 is 23.9 Å². The summed E-state index contributed by atoms with van der Waals surface area (Å²) in [6.07, 6.45) is 0.866. The second kappa shape index (κ2) is 7.05. The van der Waals surface area contributed by atoms with Crippen molar-refractivity contribution in [3.05, 3.63) is 59.7 Å². The molecule has 4 amide bonds. The summed E-state index contributed by atoms with van der Waals surface area (Å²) in [5.74, 6) is 0.489. The molecule has 8 heteroatoms. The van der Waals surface area contributed by atoms with E-state index in [-0.39, 0.29) is 25.1 Å². The largest absolute Gasteiger partial charge is 0.486 e. The van der Waals surface area contributed by atoms with Crippen molar-refractivity contribution in [1.82, 2.24) is 15.5 Å². The lowest BCUT2D eigenvalue weighted by Crippen LogP contribution is -2.46. The number of amides is 4. The second-order valence-electron chi connectivity index (χ2n) is 7.69. The second-order valence-corrected chi connectivity index (χ2v) is 7.69. The molecule has 0 bridgehead atoms. The number of hydrogen-bond acceptors (Lipinski definition) is 5. The predicted molar refractivity (Wildman–Crippen MR) is 106 cm³/mol. The van der Waals surface area contributed by atoms with Crippen LogP contribution < -0.4 is 20.1 Å². The maximum absolute atomic E-state index is 13.1. The first kappa shape index (κ1) is 18.5. The predicted octanol–water partition coefficient (Wildman–Crippen LogP) is 1.34. The molecule has 3 aliphatic rings. The Morgan fingerprint density at radius 3 is 2.77 bits per heavy atom. The van der Waals surface area contributed by atoms with E-state index in [1.54, 1.807) is 6.07 Å². The lowest BCUT2D eigenvalue weighted by Gasteiger charge is -2.26. The Labute approximate surface area is 173 Å². The zero-order valence-electron chi connectivity index (χ0n) is 16.2. The third-order valence-electron chi connectivity index (χ3n) is 5.82. The van der Waals surface area contributed by atoms with Crippen LogP contribution in [0.2, 0.25) is 0 Å². The van der Waals surface area contributed by atoms with Gasteiger partial charge in [0.05, 0.1) is 6.54 Å². The molecule has 30 heavy (non-hydrogen) atoms. The van der Waals surface area contributed by atoms with Crippen LogP contribution in [0.3, 0.4) is 0 Å². The van der Waals surface area contributed by atoms with Gasteiger partial charge in [0.15, 0.2) is 11.5 Å². The minimum Gasteiger partial charge on any atom is -0.486 e. The Balaban J connectivity index is 1.21. The van der Waals surface area contributed by atoms with Crippen molar-refractivity contribution >= 4 is 17.8 Å². The van der Waals surface area contributed by atoms with Gasteiger partial charge < -0.3 is 20.1 Å². The molecule has 154 valence electrons. The van der Waals surface area contributed by atoms with Crippen LogP contribution in [0.1, 0.15) is 17.5 Å². The number of rotatable bonds is 4. The number of benzene rings is 2. The topological polar surface area (TPSA) is 97.0 Å². The van der Waals surface area contributed by atoms with Gasteiger partial charge in [0.1, 0.15) is 24.8 Å². The molecular formula is C22H21N3O5. The van der Waals surface area contributed by atoms with Crippen LogP contribution in [0.25, 0.3) is 0 Å². The van der Waals surface area contributed by atoms with E-state index in [0.717, 1.165) is 16.0 Å². The van der Waals surface area contributed by atoms with Gasteiger partial charge in [-0.15, -0.1) is 0 Å². The highest BCUT2D eigenvalue weighted by Crippen LogP contribution is 2.41. The van der Waals surface area contributed by atoms with Crippen LogP contribution in [0.5, 0.6) is 11.5 Å². The molecule has 2 N–H and O–H groups in total. The Morgan fingerprint density at radius 1 is 1.13 bits per heavy atom. The fourth-order valence-corrected chi connectivity index (χ4v) is 4.32. The fraction of sp³-hybridized carbons (Fsp3) is 0.318. The van der Waals surface area contributed by atoms with Gasteiger partial charge in [0, 0.05) is 0 Å². The number of nitrogens with zero attached hydrogens (tertiary/aromatic N) is 1. The summed E-state index contributed by atoms with van der Waals surface area (Å²) in [6.45, 7) is 0.184. The van der Waals surface area contributed by atoms with Gasteiger partial charge in [-0.2, -0.15) is 0 Å². The van der Waals surface area contributed by atoms with Crippen LogP contribution in [-0.4, -0.2) is 48.5 Å². The normalized spacial score (nSPS) is 24.0. The van der Waals surface area contributed by atoms with E-state index < -0.39 is 17.5 Å². The minimum absolute atomic E-state index is 0.213. The summed E-state index contributed by atoms with van der Waals surface area (Å²) in [5.41, 5.74) is 0.808. The van der Waals surface area contributed by atoms with E-state index in [9.17, 15) is 14.4 Å². The number of carbonyl (C=O) groups excluding carboxylic acids is 3. The molecule has 8 nitrogen and oxygen atoms in total. The van der Waals surface area contributed by atoms with E-state index in [2.05, 4.69) is 10.6 Å². The maximum atomic E-state index is 13.1. The van der Waals surface area contributed by atoms with Crippen molar-refractivity contribution in [2.45, 2.75) is 24.5 Å². The number of aryl methyl sites for hydroxylation is 1. The van der Waals surface area contributed by atoms with E-state index in [4.69, 9.17) is 9.47 Å².